The lowest BCUT2D eigenvalue weighted by Crippen LogP contribution is -2.21. The Balaban J connectivity index is 2.89. The lowest BCUT2D eigenvalue weighted by molar-refractivity contribution is 0.168. The van der Waals surface area contributed by atoms with Crippen LogP contribution in [0, 0.1) is 5.82 Å². The number of halogens is 1. The van der Waals surface area contributed by atoms with E-state index in [0.717, 1.165) is 4.73 Å². The van der Waals surface area contributed by atoms with Crippen molar-refractivity contribution in [3.05, 3.63) is 34.5 Å². The van der Waals surface area contributed by atoms with Gasteiger partial charge in [0, 0.05) is 6.07 Å². The summed E-state index contributed by atoms with van der Waals surface area (Å²) in [5, 5.41) is 0. The molecule has 0 saturated heterocycles. The van der Waals surface area contributed by atoms with E-state index in [1.54, 1.807) is 0 Å². The molecule has 0 bridgehead atoms. The molecule has 0 aliphatic heterocycles. The first-order chi connectivity index (χ1) is 6.22. The lowest BCUT2D eigenvalue weighted by atomic mass is 10.3. The van der Waals surface area contributed by atoms with Gasteiger partial charge in [0.15, 0.2) is 0 Å². The van der Waals surface area contributed by atoms with E-state index in [0.29, 0.717) is 11.0 Å². The molecule has 1 heterocycles. The number of aromatic amines is 1. The molecule has 0 amide bonds. The molecule has 0 aliphatic rings. The Morgan fingerprint density at radius 1 is 1.54 bits per heavy atom. The van der Waals surface area contributed by atoms with Gasteiger partial charge in [-0.25, -0.2) is 9.18 Å². The van der Waals surface area contributed by atoms with Gasteiger partial charge in [-0.15, -0.1) is 4.73 Å². The van der Waals surface area contributed by atoms with Crippen LogP contribution in [0.3, 0.4) is 0 Å². The first kappa shape index (κ1) is 7.85. The third-order valence-electron chi connectivity index (χ3n) is 1.79. The Bertz CT molecular complexity index is 500. The van der Waals surface area contributed by atoms with Gasteiger partial charge < -0.3 is 9.82 Å². The summed E-state index contributed by atoms with van der Waals surface area (Å²) in [5.41, 5.74) is 0.531. The zero-order valence-electron chi connectivity index (χ0n) is 6.87. The first-order valence-corrected chi connectivity index (χ1v) is 3.67. The van der Waals surface area contributed by atoms with Crippen LogP contribution in [0.5, 0.6) is 0 Å². The zero-order chi connectivity index (χ0) is 9.42. The molecule has 0 spiro atoms. The van der Waals surface area contributed by atoms with Crippen LogP contribution in [0.25, 0.3) is 11.0 Å². The van der Waals surface area contributed by atoms with Gasteiger partial charge in [-0.2, -0.15) is 0 Å². The number of H-pyrrole nitrogens is 1. The SMILES string of the molecule is COn1c(=O)[nH]c2ccc(F)cc21. The summed E-state index contributed by atoms with van der Waals surface area (Å²) in [4.78, 5) is 18.4. The molecule has 1 N–H and O–H groups in total. The smallest absolute Gasteiger partial charge is 0.359 e. The van der Waals surface area contributed by atoms with E-state index < -0.39 is 11.5 Å². The fraction of sp³-hybridized carbons (Fsp3) is 0.125. The van der Waals surface area contributed by atoms with Crippen molar-refractivity contribution >= 4 is 11.0 Å². The molecule has 13 heavy (non-hydrogen) atoms. The molecule has 1 aromatic heterocycles. The van der Waals surface area contributed by atoms with Gasteiger partial charge in [-0.05, 0) is 12.1 Å². The normalized spacial score (nSPS) is 10.6. The van der Waals surface area contributed by atoms with E-state index in [1.165, 1.54) is 25.3 Å². The van der Waals surface area contributed by atoms with Crippen LogP contribution in [0.4, 0.5) is 4.39 Å². The fourth-order valence-corrected chi connectivity index (χ4v) is 1.24. The van der Waals surface area contributed by atoms with Crippen molar-refractivity contribution in [1.29, 1.82) is 0 Å². The Morgan fingerprint density at radius 3 is 3.00 bits per heavy atom. The van der Waals surface area contributed by atoms with E-state index in [4.69, 9.17) is 4.84 Å². The summed E-state index contributed by atoms with van der Waals surface area (Å²) in [5.74, 6) is -0.405. The van der Waals surface area contributed by atoms with Crippen LogP contribution in [0.2, 0.25) is 0 Å². The number of benzene rings is 1. The van der Waals surface area contributed by atoms with E-state index in [1.807, 2.05) is 0 Å². The van der Waals surface area contributed by atoms with Gasteiger partial charge in [-0.3, -0.25) is 0 Å². The number of fused-ring (bicyclic) bond motifs is 1. The highest BCUT2D eigenvalue weighted by Crippen LogP contribution is 2.10. The van der Waals surface area contributed by atoms with Crippen molar-refractivity contribution in [2.24, 2.45) is 0 Å². The van der Waals surface area contributed by atoms with Crippen LogP contribution in [-0.4, -0.2) is 16.8 Å². The van der Waals surface area contributed by atoms with E-state index in [-0.39, 0.29) is 0 Å². The van der Waals surface area contributed by atoms with Crippen molar-refractivity contribution < 1.29 is 9.23 Å². The number of nitrogens with zero attached hydrogens (tertiary/aromatic N) is 1. The van der Waals surface area contributed by atoms with Crippen molar-refractivity contribution in [2.75, 3.05) is 7.11 Å². The monoisotopic (exact) mass is 182 g/mol. The Labute approximate surface area is 72.5 Å². The molecule has 1 aromatic carbocycles. The van der Waals surface area contributed by atoms with Crippen LogP contribution in [-0.2, 0) is 0 Å². The van der Waals surface area contributed by atoms with E-state index in [2.05, 4.69) is 4.98 Å². The molecule has 0 saturated carbocycles. The van der Waals surface area contributed by atoms with Gasteiger partial charge in [0.05, 0.1) is 5.52 Å². The number of hydrogen-bond acceptors (Lipinski definition) is 2. The highest BCUT2D eigenvalue weighted by atomic mass is 19.1. The average Bonchev–Trinajstić information content (AvgIpc) is 2.40. The molecule has 0 aliphatic carbocycles. The maximum Gasteiger partial charge on any atom is 0.359 e. The van der Waals surface area contributed by atoms with Crippen LogP contribution >= 0.6 is 0 Å². The predicted molar refractivity (Wildman–Crippen MR) is 45.0 cm³/mol. The molecule has 0 unspecified atom stereocenters. The molecule has 2 rings (SSSR count). The molecular formula is C8H7FN2O2. The Hall–Kier alpha value is -1.78. The number of nitrogens with one attached hydrogen (secondary N) is 1. The summed E-state index contributed by atoms with van der Waals surface area (Å²) >= 11 is 0. The highest BCUT2D eigenvalue weighted by molar-refractivity contribution is 5.74. The van der Waals surface area contributed by atoms with Crippen LogP contribution < -0.4 is 10.5 Å². The largest absolute Gasteiger partial charge is 0.412 e. The summed E-state index contributed by atoms with van der Waals surface area (Å²) in [6, 6.07) is 4.00. The molecule has 0 radical (unpaired) electrons. The lowest BCUT2D eigenvalue weighted by Gasteiger charge is -1.98. The van der Waals surface area contributed by atoms with E-state index in [9.17, 15) is 9.18 Å². The first-order valence-electron chi connectivity index (χ1n) is 3.67. The second-order valence-corrected chi connectivity index (χ2v) is 2.57. The minimum Gasteiger partial charge on any atom is -0.412 e. The summed E-state index contributed by atoms with van der Waals surface area (Å²) < 4.78 is 13.8. The topological polar surface area (TPSA) is 47.0 Å². The number of hydrogen-bond donors (Lipinski definition) is 1. The standard InChI is InChI=1S/C8H7FN2O2/c1-13-11-7-4-5(9)2-3-6(7)10-8(11)12/h2-4H,1H3,(H,10,12). The molecule has 4 nitrogen and oxygen atoms in total. The van der Waals surface area contributed by atoms with Gasteiger partial charge in [-0.1, -0.05) is 0 Å². The minimum absolute atomic E-state index is 0.396. The predicted octanol–water partition coefficient (Wildman–Crippen LogP) is 0.527. The minimum atomic E-state index is -0.414. The molecule has 0 fully saturated rings. The Kier molecular flexibility index (Phi) is 1.58. The maximum atomic E-state index is 12.8. The summed E-state index contributed by atoms with van der Waals surface area (Å²) in [6.45, 7) is 0. The van der Waals surface area contributed by atoms with Crippen LogP contribution in [0.15, 0.2) is 23.0 Å². The molecule has 2 aromatic rings. The van der Waals surface area contributed by atoms with E-state index >= 15 is 0 Å². The van der Waals surface area contributed by atoms with Crippen molar-refractivity contribution in [1.82, 2.24) is 9.71 Å². The fourth-order valence-electron chi connectivity index (χ4n) is 1.24. The number of imidazole rings is 1. The summed E-state index contributed by atoms with van der Waals surface area (Å²) in [7, 11) is 1.35. The molecule has 5 heteroatoms. The van der Waals surface area contributed by atoms with Gasteiger partial charge >= 0.3 is 5.69 Å². The van der Waals surface area contributed by atoms with Crippen molar-refractivity contribution in [3.63, 3.8) is 0 Å². The Morgan fingerprint density at radius 2 is 2.31 bits per heavy atom. The average molecular weight is 182 g/mol. The second-order valence-electron chi connectivity index (χ2n) is 2.57. The van der Waals surface area contributed by atoms with Gasteiger partial charge in [0.2, 0.25) is 0 Å². The van der Waals surface area contributed by atoms with Gasteiger partial charge in [0.25, 0.3) is 0 Å². The van der Waals surface area contributed by atoms with Crippen molar-refractivity contribution in [3.8, 4) is 0 Å². The zero-order valence-corrected chi connectivity index (χ0v) is 6.87. The molecule has 68 valence electrons. The number of aromatic nitrogens is 2. The maximum absolute atomic E-state index is 12.8. The van der Waals surface area contributed by atoms with Crippen molar-refractivity contribution in [2.45, 2.75) is 0 Å². The van der Waals surface area contributed by atoms with Crippen LogP contribution in [0.1, 0.15) is 0 Å². The molecular weight excluding hydrogens is 175 g/mol. The third-order valence-corrected chi connectivity index (χ3v) is 1.79. The van der Waals surface area contributed by atoms with Gasteiger partial charge in [0.1, 0.15) is 18.4 Å². The highest BCUT2D eigenvalue weighted by Gasteiger charge is 2.06. The quantitative estimate of drug-likeness (QED) is 0.699. The number of rotatable bonds is 1. The molecule has 0 atom stereocenters. The third kappa shape index (κ3) is 1.09. The second kappa shape index (κ2) is 2.62. The summed E-state index contributed by atoms with van der Waals surface area (Å²) in [6.07, 6.45) is 0.